The Kier molecular flexibility index (Phi) is 7.02. The average Bonchev–Trinajstić information content (AvgIpc) is 2.53. The van der Waals surface area contributed by atoms with Gasteiger partial charge in [0.2, 0.25) is 15.9 Å². The van der Waals surface area contributed by atoms with Gasteiger partial charge in [0.1, 0.15) is 6.54 Å². The number of halogens is 2. The van der Waals surface area contributed by atoms with Crippen molar-refractivity contribution in [2.24, 2.45) is 0 Å². The number of aryl methyl sites for hydroxylation is 3. The van der Waals surface area contributed by atoms with E-state index in [4.69, 9.17) is 23.2 Å². The lowest BCUT2D eigenvalue weighted by Crippen LogP contribution is -2.41. The maximum absolute atomic E-state index is 12.6. The highest BCUT2D eigenvalue weighted by Gasteiger charge is 2.23. The molecule has 28 heavy (non-hydrogen) atoms. The molecule has 0 radical (unpaired) electrons. The van der Waals surface area contributed by atoms with E-state index in [2.05, 4.69) is 11.4 Å². The number of carbonyl (C=O) groups excluding carboxylic acids is 1. The van der Waals surface area contributed by atoms with E-state index in [1.54, 1.807) is 0 Å². The molecule has 8 heteroatoms. The first-order valence-electron chi connectivity index (χ1n) is 8.69. The maximum atomic E-state index is 12.6. The first-order valence-corrected chi connectivity index (χ1v) is 11.3. The fraction of sp³-hybridized carbons (Fsp3) is 0.350. The molecular formula is C20H24Cl2N2O3S. The van der Waals surface area contributed by atoms with E-state index in [-0.39, 0.29) is 28.3 Å². The van der Waals surface area contributed by atoms with Gasteiger partial charge in [-0.1, -0.05) is 35.3 Å². The summed E-state index contributed by atoms with van der Waals surface area (Å²) in [6, 6.07) is 8.26. The van der Waals surface area contributed by atoms with Crippen LogP contribution in [0.25, 0.3) is 0 Å². The van der Waals surface area contributed by atoms with Crippen molar-refractivity contribution in [3.8, 4) is 0 Å². The number of hydrogen-bond donors (Lipinski definition) is 1. The minimum absolute atomic E-state index is 0.241. The zero-order valence-corrected chi connectivity index (χ0v) is 18.8. The number of nitrogens with zero attached hydrogens (tertiary/aromatic N) is 1. The van der Waals surface area contributed by atoms with E-state index in [9.17, 15) is 13.2 Å². The van der Waals surface area contributed by atoms with Gasteiger partial charge in [-0.05, 0) is 68.1 Å². The first kappa shape index (κ1) is 22.5. The van der Waals surface area contributed by atoms with Crippen molar-refractivity contribution in [1.82, 2.24) is 5.32 Å². The summed E-state index contributed by atoms with van der Waals surface area (Å²) < 4.78 is 25.5. The zero-order chi connectivity index (χ0) is 21.2. The highest BCUT2D eigenvalue weighted by Crippen LogP contribution is 2.27. The van der Waals surface area contributed by atoms with Gasteiger partial charge in [0.25, 0.3) is 0 Å². The standard InChI is InChI=1S/C20H24Cl2N2O3S/c1-12-6-14(3)19(7-13(12)2)15(4)23-20(25)11-24(28(5,26)27)18-9-16(21)8-17(22)10-18/h6-10,15H,11H2,1-5H3,(H,23,25)/t15-/m0/s1. The van der Waals surface area contributed by atoms with Gasteiger partial charge in [-0.3, -0.25) is 9.10 Å². The molecule has 1 atom stereocenters. The molecule has 2 aromatic carbocycles. The van der Waals surface area contributed by atoms with Crippen LogP contribution in [0, 0.1) is 20.8 Å². The molecule has 0 bridgehead atoms. The van der Waals surface area contributed by atoms with Crippen LogP contribution in [0.2, 0.25) is 10.0 Å². The normalized spacial score (nSPS) is 12.5. The summed E-state index contributed by atoms with van der Waals surface area (Å²) in [4.78, 5) is 12.6. The van der Waals surface area contributed by atoms with Crippen molar-refractivity contribution in [3.05, 3.63) is 62.6 Å². The van der Waals surface area contributed by atoms with Gasteiger partial charge in [-0.25, -0.2) is 8.42 Å². The van der Waals surface area contributed by atoms with Gasteiger partial charge in [0, 0.05) is 10.0 Å². The lowest BCUT2D eigenvalue weighted by molar-refractivity contribution is -0.120. The number of amides is 1. The van der Waals surface area contributed by atoms with Gasteiger partial charge >= 0.3 is 0 Å². The second-order valence-corrected chi connectivity index (χ2v) is 9.76. The van der Waals surface area contributed by atoms with Crippen molar-refractivity contribution in [3.63, 3.8) is 0 Å². The Morgan fingerprint density at radius 3 is 2.07 bits per heavy atom. The van der Waals surface area contributed by atoms with Crippen LogP contribution in [0.3, 0.4) is 0 Å². The average molecular weight is 443 g/mol. The predicted molar refractivity (Wildman–Crippen MR) is 116 cm³/mol. The Morgan fingerprint density at radius 2 is 1.54 bits per heavy atom. The van der Waals surface area contributed by atoms with Gasteiger partial charge in [0.05, 0.1) is 18.0 Å². The smallest absolute Gasteiger partial charge is 0.241 e. The van der Waals surface area contributed by atoms with Crippen LogP contribution in [-0.4, -0.2) is 27.1 Å². The van der Waals surface area contributed by atoms with Crippen molar-refractivity contribution >= 4 is 44.8 Å². The van der Waals surface area contributed by atoms with E-state index in [1.165, 1.54) is 23.8 Å². The largest absolute Gasteiger partial charge is 0.348 e. The molecule has 5 nitrogen and oxygen atoms in total. The van der Waals surface area contributed by atoms with Gasteiger partial charge in [0.15, 0.2) is 0 Å². The molecule has 0 fully saturated rings. The molecule has 0 saturated heterocycles. The molecule has 1 amide bonds. The van der Waals surface area contributed by atoms with Crippen LogP contribution < -0.4 is 9.62 Å². The summed E-state index contributed by atoms with van der Waals surface area (Å²) in [5, 5.41) is 3.45. The summed E-state index contributed by atoms with van der Waals surface area (Å²) >= 11 is 12.0. The van der Waals surface area contributed by atoms with Gasteiger partial charge < -0.3 is 5.32 Å². The van der Waals surface area contributed by atoms with Crippen molar-refractivity contribution < 1.29 is 13.2 Å². The molecule has 0 heterocycles. The number of rotatable bonds is 6. The van der Waals surface area contributed by atoms with Crippen molar-refractivity contribution in [2.75, 3.05) is 17.1 Å². The molecule has 0 saturated carbocycles. The Labute approximate surface area is 176 Å². The minimum atomic E-state index is -3.71. The lowest BCUT2D eigenvalue weighted by Gasteiger charge is -2.24. The molecule has 0 aliphatic rings. The van der Waals surface area contributed by atoms with E-state index in [1.807, 2.05) is 33.8 Å². The number of hydrogen-bond acceptors (Lipinski definition) is 3. The quantitative estimate of drug-likeness (QED) is 0.712. The molecule has 0 aromatic heterocycles. The first-order chi connectivity index (χ1) is 12.9. The highest BCUT2D eigenvalue weighted by molar-refractivity contribution is 7.92. The highest BCUT2D eigenvalue weighted by atomic mass is 35.5. The SMILES string of the molecule is Cc1cc(C)c([C@H](C)NC(=O)CN(c2cc(Cl)cc(Cl)c2)S(C)(=O)=O)cc1C. The number of carbonyl (C=O) groups is 1. The monoisotopic (exact) mass is 442 g/mol. The van der Waals surface area contributed by atoms with E-state index in [0.717, 1.165) is 27.3 Å². The molecule has 2 rings (SSSR count). The molecule has 152 valence electrons. The topological polar surface area (TPSA) is 66.5 Å². The van der Waals surface area contributed by atoms with Crippen molar-refractivity contribution in [2.45, 2.75) is 33.7 Å². The second kappa shape index (κ2) is 8.72. The maximum Gasteiger partial charge on any atom is 0.241 e. The Balaban J connectivity index is 2.24. The van der Waals surface area contributed by atoms with Crippen LogP contribution >= 0.6 is 23.2 Å². The van der Waals surface area contributed by atoms with E-state index < -0.39 is 15.9 Å². The number of sulfonamides is 1. The van der Waals surface area contributed by atoms with Crippen LogP contribution in [0.1, 0.15) is 35.2 Å². The summed E-state index contributed by atoms with van der Waals surface area (Å²) in [5.74, 6) is -0.424. The molecule has 0 unspecified atom stereocenters. The van der Waals surface area contributed by atoms with Gasteiger partial charge in [-0.15, -0.1) is 0 Å². The summed E-state index contributed by atoms with van der Waals surface area (Å²) in [6.45, 7) is 7.54. The summed E-state index contributed by atoms with van der Waals surface area (Å²) in [5.41, 5.74) is 4.62. The summed E-state index contributed by atoms with van der Waals surface area (Å²) in [6.07, 6.45) is 1.03. The Morgan fingerprint density at radius 1 is 1.00 bits per heavy atom. The third-order valence-electron chi connectivity index (χ3n) is 4.55. The summed E-state index contributed by atoms with van der Waals surface area (Å²) in [7, 11) is -3.71. The van der Waals surface area contributed by atoms with E-state index >= 15 is 0 Å². The van der Waals surface area contributed by atoms with Crippen LogP contribution in [0.4, 0.5) is 5.69 Å². The third-order valence-corrected chi connectivity index (χ3v) is 6.13. The molecule has 0 spiro atoms. The number of nitrogens with one attached hydrogen (secondary N) is 1. The predicted octanol–water partition coefficient (Wildman–Crippen LogP) is 4.56. The molecular weight excluding hydrogens is 419 g/mol. The minimum Gasteiger partial charge on any atom is -0.348 e. The third kappa shape index (κ3) is 5.63. The molecule has 0 aliphatic heterocycles. The zero-order valence-electron chi connectivity index (χ0n) is 16.5. The van der Waals surface area contributed by atoms with Crippen LogP contribution in [0.5, 0.6) is 0 Å². The molecule has 0 aliphatic carbocycles. The molecule has 1 N–H and O–H groups in total. The van der Waals surface area contributed by atoms with Gasteiger partial charge in [-0.2, -0.15) is 0 Å². The van der Waals surface area contributed by atoms with Crippen LogP contribution in [-0.2, 0) is 14.8 Å². The molecule has 2 aromatic rings. The number of anilines is 1. The van der Waals surface area contributed by atoms with E-state index in [0.29, 0.717) is 0 Å². The Hall–Kier alpha value is -1.76. The Bertz CT molecular complexity index is 987. The van der Waals surface area contributed by atoms with Crippen molar-refractivity contribution in [1.29, 1.82) is 0 Å². The fourth-order valence-corrected chi connectivity index (χ4v) is 4.38. The number of benzene rings is 2. The lowest BCUT2D eigenvalue weighted by atomic mass is 9.96. The second-order valence-electron chi connectivity index (χ2n) is 6.98. The fourth-order valence-electron chi connectivity index (χ4n) is 3.03. The van der Waals surface area contributed by atoms with Crippen LogP contribution in [0.15, 0.2) is 30.3 Å².